The number of nitrogens with zero attached hydrogens (tertiary/aromatic N) is 4. The largest absolute Gasteiger partial charge is 0.480 e. The van der Waals surface area contributed by atoms with E-state index in [2.05, 4.69) is 9.88 Å². The Morgan fingerprint density at radius 3 is 2.23 bits per heavy atom. The van der Waals surface area contributed by atoms with Crippen molar-refractivity contribution in [3.8, 4) is 11.3 Å². The Balaban J connectivity index is 1.27. The number of fused-ring (bicyclic) bond motifs is 5. The maximum absolute atomic E-state index is 14.2. The molecule has 1 N–H and O–H groups in total. The van der Waals surface area contributed by atoms with E-state index in [9.17, 15) is 19.5 Å². The first-order chi connectivity index (χ1) is 19.5. The Morgan fingerprint density at radius 2 is 1.50 bits per heavy atom. The summed E-state index contributed by atoms with van der Waals surface area (Å²) in [5.74, 6) is 0.672. The van der Waals surface area contributed by atoms with Crippen LogP contribution in [0, 0.1) is 11.8 Å². The molecule has 2 aliphatic carbocycles. The third-order valence-corrected chi connectivity index (χ3v) is 10.3. The van der Waals surface area contributed by atoms with E-state index in [0.717, 1.165) is 34.8 Å². The van der Waals surface area contributed by atoms with Gasteiger partial charge in [0.1, 0.15) is 12.2 Å². The van der Waals surface area contributed by atoms with Gasteiger partial charge in [0, 0.05) is 30.4 Å². The molecule has 7 rings (SSSR count). The Labute approximate surface area is 233 Å². The highest BCUT2D eigenvalue weighted by atomic mass is 16.4. The number of rotatable bonds is 5. The minimum absolute atomic E-state index is 0.0405. The fraction of sp³-hybridized carbons (Fsp3) is 0.562. The summed E-state index contributed by atoms with van der Waals surface area (Å²) in [5.41, 5.74) is 0.980. The Hall–Kier alpha value is -3.26. The normalized spacial score (nSPS) is 30.3. The molecule has 4 aliphatic rings. The van der Waals surface area contributed by atoms with Crippen LogP contribution in [0.3, 0.4) is 0 Å². The van der Waals surface area contributed by atoms with Gasteiger partial charge >= 0.3 is 5.97 Å². The second-order valence-corrected chi connectivity index (χ2v) is 12.7. The third-order valence-electron chi connectivity index (χ3n) is 10.3. The van der Waals surface area contributed by atoms with E-state index in [4.69, 9.17) is 0 Å². The molecule has 4 fully saturated rings. The van der Waals surface area contributed by atoms with E-state index in [1.807, 2.05) is 28.8 Å². The van der Waals surface area contributed by atoms with Crippen LogP contribution in [0.15, 0.2) is 52.2 Å². The van der Waals surface area contributed by atoms with E-state index in [-0.39, 0.29) is 22.9 Å². The number of piperidine rings is 2. The number of carbonyl (C=O) groups is 1. The van der Waals surface area contributed by atoms with Crippen molar-refractivity contribution in [1.29, 1.82) is 0 Å². The smallest absolute Gasteiger partial charge is 0.323 e. The summed E-state index contributed by atoms with van der Waals surface area (Å²) in [4.78, 5) is 46.4. The zero-order valence-electron chi connectivity index (χ0n) is 23.0. The predicted molar refractivity (Wildman–Crippen MR) is 153 cm³/mol. The Morgan fingerprint density at radius 1 is 0.800 bits per heavy atom. The van der Waals surface area contributed by atoms with E-state index in [1.54, 1.807) is 12.1 Å². The summed E-state index contributed by atoms with van der Waals surface area (Å²) in [6.45, 7) is -0.459. The number of hydrogen-bond donors (Lipinski definition) is 1. The van der Waals surface area contributed by atoms with Gasteiger partial charge in [-0.25, -0.2) is 4.98 Å². The topological polar surface area (TPSA) is 97.4 Å². The van der Waals surface area contributed by atoms with Crippen molar-refractivity contribution in [2.45, 2.75) is 101 Å². The van der Waals surface area contributed by atoms with Crippen LogP contribution in [0.25, 0.3) is 22.3 Å². The van der Waals surface area contributed by atoms with Crippen molar-refractivity contribution >= 4 is 17.0 Å². The van der Waals surface area contributed by atoms with E-state index < -0.39 is 18.1 Å². The molecule has 2 saturated carbocycles. The summed E-state index contributed by atoms with van der Waals surface area (Å²) in [6.07, 6.45) is 15.2. The molecule has 0 spiro atoms. The number of aromatic nitrogens is 3. The summed E-state index contributed by atoms with van der Waals surface area (Å²) in [7, 11) is 0. The second-order valence-electron chi connectivity index (χ2n) is 12.7. The maximum Gasteiger partial charge on any atom is 0.323 e. The molecule has 2 aliphatic heterocycles. The molecule has 210 valence electrons. The summed E-state index contributed by atoms with van der Waals surface area (Å²) in [6, 6.07) is 12.6. The van der Waals surface area contributed by atoms with Gasteiger partial charge in [-0.2, -0.15) is 0 Å². The lowest BCUT2D eigenvalue weighted by Gasteiger charge is -2.55. The van der Waals surface area contributed by atoms with Crippen LogP contribution in [0.5, 0.6) is 0 Å². The molecule has 0 unspecified atom stereocenters. The lowest BCUT2D eigenvalue weighted by molar-refractivity contribution is -0.137. The Kier molecular flexibility index (Phi) is 6.61. The predicted octanol–water partition coefficient (Wildman–Crippen LogP) is 4.84. The lowest BCUT2D eigenvalue weighted by atomic mass is 9.68. The van der Waals surface area contributed by atoms with Crippen LogP contribution >= 0.6 is 0 Å². The summed E-state index contributed by atoms with van der Waals surface area (Å²) >= 11 is 0. The molecule has 40 heavy (non-hydrogen) atoms. The number of pyridine rings is 1. The van der Waals surface area contributed by atoms with Crippen LogP contribution < -0.4 is 11.1 Å². The molecule has 8 nitrogen and oxygen atoms in total. The highest BCUT2D eigenvalue weighted by molar-refractivity contribution is 5.78. The molecule has 8 heteroatoms. The fourth-order valence-corrected chi connectivity index (χ4v) is 8.82. The van der Waals surface area contributed by atoms with Gasteiger partial charge in [0.05, 0.1) is 16.6 Å². The van der Waals surface area contributed by atoms with E-state index >= 15 is 0 Å². The van der Waals surface area contributed by atoms with Crippen molar-refractivity contribution in [3.05, 3.63) is 63.3 Å². The zero-order valence-corrected chi connectivity index (χ0v) is 23.0. The number of carboxylic acid groups (broad SMARTS) is 1. The van der Waals surface area contributed by atoms with Gasteiger partial charge in [0.15, 0.2) is 0 Å². The maximum atomic E-state index is 14.2. The number of benzene rings is 1. The van der Waals surface area contributed by atoms with Gasteiger partial charge < -0.3 is 14.2 Å². The first-order valence-electron chi connectivity index (χ1n) is 15.2. The SMILES string of the molecule is O=C(O)Cn1cccc(-c2nc3ccccc3n([C@H]3C[C@H]4CCC[C@@H](C3)N4[C@H]3C[C@@H]4CCC[C@@H](C4)C3)c2=O)c1=O. The lowest BCUT2D eigenvalue weighted by Crippen LogP contribution is -2.58. The second kappa shape index (κ2) is 10.3. The summed E-state index contributed by atoms with van der Waals surface area (Å²) < 4.78 is 3.05. The monoisotopic (exact) mass is 542 g/mol. The molecule has 6 atom stereocenters. The van der Waals surface area contributed by atoms with Crippen LogP contribution in [0.1, 0.15) is 76.7 Å². The van der Waals surface area contributed by atoms with Gasteiger partial charge in [-0.1, -0.05) is 37.8 Å². The van der Waals surface area contributed by atoms with Gasteiger partial charge in [0.2, 0.25) is 0 Å². The summed E-state index contributed by atoms with van der Waals surface area (Å²) in [5, 5.41) is 9.26. The number of aliphatic carboxylic acids is 1. The van der Waals surface area contributed by atoms with Crippen molar-refractivity contribution in [2.75, 3.05) is 0 Å². The third kappa shape index (κ3) is 4.50. The molecule has 0 radical (unpaired) electrons. The van der Waals surface area contributed by atoms with Crippen molar-refractivity contribution in [2.24, 2.45) is 11.8 Å². The number of para-hydroxylation sites is 2. The highest BCUT2D eigenvalue weighted by Gasteiger charge is 2.45. The van der Waals surface area contributed by atoms with Crippen LogP contribution in [0.2, 0.25) is 0 Å². The molecule has 2 aromatic heterocycles. The van der Waals surface area contributed by atoms with Crippen LogP contribution in [-0.2, 0) is 11.3 Å². The number of carboxylic acids is 1. The minimum Gasteiger partial charge on any atom is -0.480 e. The van der Waals surface area contributed by atoms with Crippen molar-refractivity contribution in [1.82, 2.24) is 19.0 Å². The first-order valence-corrected chi connectivity index (χ1v) is 15.2. The van der Waals surface area contributed by atoms with Crippen molar-refractivity contribution in [3.63, 3.8) is 0 Å². The average Bonchev–Trinajstić information content (AvgIpc) is 2.93. The van der Waals surface area contributed by atoms with Gasteiger partial charge in [0.25, 0.3) is 11.1 Å². The molecule has 0 amide bonds. The molecule has 4 bridgehead atoms. The molecular formula is C32H38N4O4. The zero-order chi connectivity index (χ0) is 27.4. The first kappa shape index (κ1) is 25.7. The molecule has 2 saturated heterocycles. The van der Waals surface area contributed by atoms with Crippen molar-refractivity contribution < 1.29 is 9.90 Å². The highest BCUT2D eigenvalue weighted by Crippen LogP contribution is 2.47. The Bertz CT molecular complexity index is 1530. The average molecular weight is 543 g/mol. The van der Waals surface area contributed by atoms with Gasteiger partial charge in [-0.05, 0) is 81.0 Å². The van der Waals surface area contributed by atoms with Crippen LogP contribution in [0.4, 0.5) is 0 Å². The quantitative estimate of drug-likeness (QED) is 0.496. The minimum atomic E-state index is -1.11. The van der Waals surface area contributed by atoms with Gasteiger partial charge in [-0.15, -0.1) is 0 Å². The number of hydrogen-bond acceptors (Lipinski definition) is 5. The molecule has 1 aromatic carbocycles. The van der Waals surface area contributed by atoms with E-state index in [1.165, 1.54) is 64.0 Å². The standard InChI is InChI=1S/C32H38N4O4/c37-29(38)19-34-13-5-10-26(31(34)39)30-32(40)36(28-12-2-1-11-27(28)33-30)25-17-22-8-4-9-23(18-25)35(22)24-15-20-6-3-7-21(14-20)16-24/h1-2,5,10-13,20-25H,3-4,6-9,14-19H2,(H,37,38)/t20-,21+,22-,23+,24+,25+. The molecule has 4 heterocycles. The van der Waals surface area contributed by atoms with Crippen LogP contribution in [-0.4, -0.2) is 48.2 Å². The molecular weight excluding hydrogens is 504 g/mol. The molecule has 3 aromatic rings. The fourth-order valence-electron chi connectivity index (χ4n) is 8.82. The van der Waals surface area contributed by atoms with E-state index in [0.29, 0.717) is 23.6 Å². The van der Waals surface area contributed by atoms with Gasteiger partial charge in [-0.3, -0.25) is 19.3 Å².